The van der Waals surface area contributed by atoms with Crippen LogP contribution in [0.5, 0.6) is 0 Å². The van der Waals surface area contributed by atoms with Gasteiger partial charge in [0.2, 0.25) is 0 Å². The van der Waals surface area contributed by atoms with E-state index in [2.05, 4.69) is 35.7 Å². The molecular weight excluding hydrogens is 256 g/mol. The van der Waals surface area contributed by atoms with Gasteiger partial charge in [0.25, 0.3) is 0 Å². The van der Waals surface area contributed by atoms with Gasteiger partial charge in [-0.05, 0) is 40.5 Å². The molecule has 2 aliphatic rings. The summed E-state index contributed by atoms with van der Waals surface area (Å²) >= 11 is 1.81. The van der Waals surface area contributed by atoms with E-state index in [1.54, 1.807) is 0 Å². The molecule has 1 aromatic carbocycles. The fraction of sp³-hybridized carbons (Fsp3) is 0.375. The van der Waals surface area contributed by atoms with Crippen LogP contribution < -0.4 is 0 Å². The van der Waals surface area contributed by atoms with Crippen molar-refractivity contribution in [1.82, 2.24) is 0 Å². The van der Waals surface area contributed by atoms with E-state index in [1.807, 2.05) is 11.3 Å². The van der Waals surface area contributed by atoms with Gasteiger partial charge in [-0.3, -0.25) is 0 Å². The number of benzene rings is 1. The maximum Gasteiger partial charge on any atom is 0.172 e. The highest BCUT2D eigenvalue weighted by molar-refractivity contribution is 7.17. The Morgan fingerprint density at radius 2 is 2.00 bits per heavy atom. The van der Waals surface area contributed by atoms with Crippen LogP contribution in [0.1, 0.15) is 24.8 Å². The van der Waals surface area contributed by atoms with Gasteiger partial charge in [0, 0.05) is 17.5 Å². The number of fused-ring (bicyclic) bond motifs is 1. The molecule has 1 aromatic heterocycles. The Kier molecular flexibility index (Phi) is 2.72. The van der Waals surface area contributed by atoms with Gasteiger partial charge < -0.3 is 9.47 Å². The van der Waals surface area contributed by atoms with Crippen molar-refractivity contribution in [3.8, 4) is 0 Å². The molecule has 19 heavy (non-hydrogen) atoms. The lowest BCUT2D eigenvalue weighted by atomic mass is 9.90. The minimum absolute atomic E-state index is 0.309. The summed E-state index contributed by atoms with van der Waals surface area (Å²) in [6.45, 7) is 1.48. The Bertz CT molecular complexity index is 635. The number of hydrogen-bond donors (Lipinski definition) is 0. The van der Waals surface area contributed by atoms with Crippen LogP contribution in [-0.2, 0) is 9.47 Å². The van der Waals surface area contributed by atoms with Crippen LogP contribution in [0.2, 0.25) is 0 Å². The maximum atomic E-state index is 5.76. The molecule has 2 aromatic rings. The van der Waals surface area contributed by atoms with E-state index in [4.69, 9.17) is 9.47 Å². The lowest BCUT2D eigenvalue weighted by Crippen LogP contribution is -2.31. The predicted molar refractivity (Wildman–Crippen MR) is 78.3 cm³/mol. The Labute approximate surface area is 116 Å². The fourth-order valence-corrected chi connectivity index (χ4v) is 3.81. The number of ether oxygens (including phenoxy) is 2. The minimum atomic E-state index is -0.309. The standard InChI is InChI=1S/C16H16O2S/c1-2-14(11-15-13(1)5-10-19-15)12-3-6-16(7-4-12)17-8-9-18-16/h1-3,5,10-11H,4,6-9H2. The van der Waals surface area contributed by atoms with Crippen LogP contribution >= 0.6 is 11.3 Å². The molecule has 4 rings (SSSR count). The lowest BCUT2D eigenvalue weighted by Gasteiger charge is -2.30. The zero-order valence-corrected chi connectivity index (χ0v) is 11.5. The van der Waals surface area contributed by atoms with Crippen molar-refractivity contribution in [2.45, 2.75) is 25.0 Å². The van der Waals surface area contributed by atoms with Gasteiger partial charge in [-0.25, -0.2) is 0 Å². The van der Waals surface area contributed by atoms with E-state index in [0.29, 0.717) is 0 Å². The van der Waals surface area contributed by atoms with Crippen molar-refractivity contribution in [2.75, 3.05) is 13.2 Å². The number of thiophene rings is 1. The smallest absolute Gasteiger partial charge is 0.172 e. The molecule has 1 aliphatic heterocycles. The van der Waals surface area contributed by atoms with Gasteiger partial charge in [0.05, 0.1) is 13.2 Å². The van der Waals surface area contributed by atoms with Crippen LogP contribution in [0, 0.1) is 0 Å². The lowest BCUT2D eigenvalue weighted by molar-refractivity contribution is -0.159. The Hall–Kier alpha value is -1.16. The molecule has 2 heterocycles. The third-order valence-corrected chi connectivity index (χ3v) is 4.95. The molecule has 1 aliphatic carbocycles. The number of rotatable bonds is 1. The quantitative estimate of drug-likeness (QED) is 0.774. The van der Waals surface area contributed by atoms with Crippen LogP contribution in [0.25, 0.3) is 15.7 Å². The van der Waals surface area contributed by atoms with E-state index < -0.39 is 0 Å². The molecule has 0 amide bonds. The predicted octanol–water partition coefficient (Wildman–Crippen LogP) is 4.21. The van der Waals surface area contributed by atoms with Gasteiger partial charge in [0.15, 0.2) is 5.79 Å². The second-order valence-corrected chi connectivity index (χ2v) is 6.16. The highest BCUT2D eigenvalue weighted by Crippen LogP contribution is 2.38. The van der Waals surface area contributed by atoms with Crippen molar-refractivity contribution in [3.63, 3.8) is 0 Å². The summed E-state index contributed by atoms with van der Waals surface area (Å²) < 4.78 is 12.9. The first kappa shape index (κ1) is 11.6. The molecule has 0 bridgehead atoms. The van der Waals surface area contributed by atoms with Gasteiger partial charge in [-0.2, -0.15) is 0 Å². The highest BCUT2D eigenvalue weighted by atomic mass is 32.1. The fourth-order valence-electron chi connectivity index (χ4n) is 2.98. The van der Waals surface area contributed by atoms with E-state index >= 15 is 0 Å². The van der Waals surface area contributed by atoms with Gasteiger partial charge in [-0.1, -0.05) is 18.2 Å². The normalized spacial score (nSPS) is 22.0. The number of allylic oxidation sites excluding steroid dienone is 1. The second-order valence-electron chi connectivity index (χ2n) is 5.21. The maximum absolute atomic E-state index is 5.76. The summed E-state index contributed by atoms with van der Waals surface area (Å²) in [7, 11) is 0. The third kappa shape index (κ3) is 2.02. The van der Waals surface area contributed by atoms with Crippen LogP contribution in [0.4, 0.5) is 0 Å². The first-order valence-corrected chi connectivity index (χ1v) is 7.67. The van der Waals surface area contributed by atoms with Crippen molar-refractivity contribution in [3.05, 3.63) is 41.3 Å². The molecule has 1 saturated heterocycles. The molecule has 2 nitrogen and oxygen atoms in total. The first-order valence-electron chi connectivity index (χ1n) is 6.79. The largest absolute Gasteiger partial charge is 0.347 e. The van der Waals surface area contributed by atoms with Crippen LogP contribution in [0.15, 0.2) is 35.7 Å². The molecule has 0 atom stereocenters. The zero-order valence-electron chi connectivity index (χ0n) is 10.7. The summed E-state index contributed by atoms with van der Waals surface area (Å²) in [5.74, 6) is -0.309. The molecule has 0 radical (unpaired) electrons. The molecular formula is C16H16O2S. The molecule has 1 fully saturated rings. The summed E-state index contributed by atoms with van der Waals surface area (Å²) in [4.78, 5) is 0. The minimum Gasteiger partial charge on any atom is -0.347 e. The average molecular weight is 272 g/mol. The topological polar surface area (TPSA) is 18.5 Å². The molecule has 98 valence electrons. The highest BCUT2D eigenvalue weighted by Gasteiger charge is 2.37. The first-order chi connectivity index (χ1) is 9.35. The van der Waals surface area contributed by atoms with Crippen LogP contribution in [0.3, 0.4) is 0 Å². The molecule has 0 unspecified atom stereocenters. The van der Waals surface area contributed by atoms with E-state index in [0.717, 1.165) is 32.5 Å². The molecule has 1 spiro atoms. The van der Waals surface area contributed by atoms with Crippen molar-refractivity contribution in [1.29, 1.82) is 0 Å². The van der Waals surface area contributed by atoms with Crippen molar-refractivity contribution in [2.24, 2.45) is 0 Å². The Morgan fingerprint density at radius 3 is 2.79 bits per heavy atom. The van der Waals surface area contributed by atoms with Gasteiger partial charge >= 0.3 is 0 Å². The van der Waals surface area contributed by atoms with E-state index in [9.17, 15) is 0 Å². The average Bonchev–Trinajstić information content (AvgIpc) is 3.08. The third-order valence-electron chi connectivity index (χ3n) is 4.08. The Morgan fingerprint density at radius 1 is 1.11 bits per heavy atom. The monoisotopic (exact) mass is 272 g/mol. The van der Waals surface area contributed by atoms with Crippen LogP contribution in [-0.4, -0.2) is 19.0 Å². The van der Waals surface area contributed by atoms with E-state index in [1.165, 1.54) is 21.2 Å². The molecule has 3 heteroatoms. The number of hydrogen-bond acceptors (Lipinski definition) is 3. The molecule has 0 N–H and O–H groups in total. The van der Waals surface area contributed by atoms with Gasteiger partial charge in [-0.15, -0.1) is 11.3 Å². The summed E-state index contributed by atoms with van der Waals surface area (Å²) in [6.07, 6.45) is 5.19. The molecule has 0 saturated carbocycles. The van der Waals surface area contributed by atoms with Gasteiger partial charge in [0.1, 0.15) is 0 Å². The van der Waals surface area contributed by atoms with Crippen molar-refractivity contribution >= 4 is 27.0 Å². The summed E-state index contributed by atoms with van der Waals surface area (Å²) in [5, 5.41) is 3.49. The summed E-state index contributed by atoms with van der Waals surface area (Å²) in [5.41, 5.74) is 2.78. The summed E-state index contributed by atoms with van der Waals surface area (Å²) in [6, 6.07) is 8.93. The second kappa shape index (κ2) is 4.44. The zero-order chi connectivity index (χ0) is 12.7. The van der Waals surface area contributed by atoms with E-state index in [-0.39, 0.29) is 5.79 Å². The van der Waals surface area contributed by atoms with Crippen molar-refractivity contribution < 1.29 is 9.47 Å². The SMILES string of the molecule is C1=C(c2ccc3ccsc3c2)CCC2(C1)OCCO2. The Balaban J connectivity index is 1.64.